The van der Waals surface area contributed by atoms with Gasteiger partial charge in [-0.2, -0.15) is 0 Å². The maximum Gasteiger partial charge on any atom is 0.333 e. The Morgan fingerprint density at radius 3 is 2.28 bits per heavy atom. The fourth-order valence-electron chi connectivity index (χ4n) is 3.29. The van der Waals surface area contributed by atoms with Crippen molar-refractivity contribution in [2.75, 3.05) is 11.9 Å². The molecule has 0 atom stereocenters. The van der Waals surface area contributed by atoms with Crippen LogP contribution in [-0.2, 0) is 0 Å². The van der Waals surface area contributed by atoms with Gasteiger partial charge in [0.25, 0.3) is 11.5 Å². The number of aromatic nitrogens is 2. The molecule has 3 rings (SSSR count). The van der Waals surface area contributed by atoms with Gasteiger partial charge in [0, 0.05) is 11.9 Å². The van der Waals surface area contributed by atoms with E-state index >= 15 is 0 Å². The van der Waals surface area contributed by atoms with Crippen molar-refractivity contribution in [1.29, 1.82) is 0 Å². The number of nitrogens with zero attached hydrogens (tertiary/aromatic N) is 1. The molecule has 1 amide bonds. The fourth-order valence-corrected chi connectivity index (χ4v) is 3.29. The molecule has 1 heterocycles. The first-order valence-electron chi connectivity index (χ1n) is 9.29. The summed E-state index contributed by atoms with van der Waals surface area (Å²) in [5.74, 6) is 0.0425. The van der Waals surface area contributed by atoms with Crippen LogP contribution in [0.25, 0.3) is 5.69 Å². The third-order valence-electron chi connectivity index (χ3n) is 4.54. The van der Waals surface area contributed by atoms with E-state index in [2.05, 4.69) is 10.3 Å². The molecule has 0 fully saturated rings. The molecule has 7 heteroatoms. The van der Waals surface area contributed by atoms with Crippen LogP contribution in [0.2, 0.25) is 0 Å². The lowest BCUT2D eigenvalue weighted by atomic mass is 10.0. The summed E-state index contributed by atoms with van der Waals surface area (Å²) in [6, 6.07) is 10.4. The predicted molar refractivity (Wildman–Crippen MR) is 112 cm³/mol. The molecular formula is C22H23N3O4. The molecular weight excluding hydrogens is 370 g/mol. The lowest BCUT2D eigenvalue weighted by molar-refractivity contribution is 0.102. The van der Waals surface area contributed by atoms with E-state index in [9.17, 15) is 14.4 Å². The summed E-state index contributed by atoms with van der Waals surface area (Å²) in [4.78, 5) is 40.4. The molecule has 0 saturated carbocycles. The highest BCUT2D eigenvalue weighted by Gasteiger charge is 2.17. The number of carbonyl (C=O) groups is 1. The van der Waals surface area contributed by atoms with Crippen LogP contribution in [0.4, 0.5) is 5.69 Å². The van der Waals surface area contributed by atoms with E-state index < -0.39 is 17.2 Å². The molecule has 0 spiro atoms. The number of aryl methyl sites for hydroxylation is 3. The van der Waals surface area contributed by atoms with Gasteiger partial charge >= 0.3 is 5.69 Å². The number of carbonyl (C=O) groups excluding carboxylic acids is 1. The Bertz CT molecular complexity index is 1150. The molecule has 0 saturated heterocycles. The minimum absolute atomic E-state index is 0.155. The first kappa shape index (κ1) is 20.1. The Labute approximate surface area is 168 Å². The highest BCUT2D eigenvalue weighted by atomic mass is 16.5. The van der Waals surface area contributed by atoms with Crippen molar-refractivity contribution in [3.8, 4) is 11.4 Å². The summed E-state index contributed by atoms with van der Waals surface area (Å²) in [7, 11) is 0. The summed E-state index contributed by atoms with van der Waals surface area (Å²) in [6.07, 6.45) is 1.14. The first-order valence-corrected chi connectivity index (χ1v) is 9.29. The van der Waals surface area contributed by atoms with Gasteiger partial charge in [0.2, 0.25) is 0 Å². The van der Waals surface area contributed by atoms with E-state index in [0.717, 1.165) is 27.5 Å². The number of aromatic amines is 1. The molecule has 1 aromatic heterocycles. The van der Waals surface area contributed by atoms with Gasteiger partial charge in [-0.3, -0.25) is 9.59 Å². The normalized spacial score (nSPS) is 10.6. The van der Waals surface area contributed by atoms with Gasteiger partial charge in [-0.1, -0.05) is 17.7 Å². The maximum absolute atomic E-state index is 12.9. The SMILES string of the molecule is CCOc1ccc(-n2c(=O)[nH]cc(C(=O)Nc3c(C)cc(C)cc3C)c2=O)cc1. The Morgan fingerprint density at radius 1 is 1.07 bits per heavy atom. The number of ether oxygens (including phenoxy) is 1. The second-order valence-corrected chi connectivity index (χ2v) is 6.80. The second kappa shape index (κ2) is 8.18. The molecule has 150 valence electrons. The highest BCUT2D eigenvalue weighted by Crippen LogP contribution is 2.22. The van der Waals surface area contributed by atoms with E-state index in [1.165, 1.54) is 0 Å². The monoisotopic (exact) mass is 393 g/mol. The zero-order valence-corrected chi connectivity index (χ0v) is 16.8. The van der Waals surface area contributed by atoms with E-state index in [4.69, 9.17) is 4.74 Å². The minimum atomic E-state index is -0.696. The van der Waals surface area contributed by atoms with Gasteiger partial charge in [-0.25, -0.2) is 9.36 Å². The number of hydrogen-bond acceptors (Lipinski definition) is 4. The zero-order valence-electron chi connectivity index (χ0n) is 16.8. The van der Waals surface area contributed by atoms with Crippen molar-refractivity contribution in [1.82, 2.24) is 9.55 Å². The smallest absolute Gasteiger partial charge is 0.333 e. The van der Waals surface area contributed by atoms with Gasteiger partial charge in [-0.05, 0) is 63.1 Å². The Morgan fingerprint density at radius 2 is 1.69 bits per heavy atom. The van der Waals surface area contributed by atoms with Gasteiger partial charge in [-0.15, -0.1) is 0 Å². The molecule has 0 bridgehead atoms. The summed E-state index contributed by atoms with van der Waals surface area (Å²) in [6.45, 7) is 8.13. The fraction of sp³-hybridized carbons (Fsp3) is 0.227. The third kappa shape index (κ3) is 4.13. The average molecular weight is 393 g/mol. The lowest BCUT2D eigenvalue weighted by Gasteiger charge is -2.13. The summed E-state index contributed by atoms with van der Waals surface area (Å²) >= 11 is 0. The van der Waals surface area contributed by atoms with Crippen molar-refractivity contribution >= 4 is 11.6 Å². The average Bonchev–Trinajstić information content (AvgIpc) is 2.66. The van der Waals surface area contributed by atoms with Gasteiger partial charge in [0.15, 0.2) is 0 Å². The molecule has 2 N–H and O–H groups in total. The molecule has 0 aliphatic carbocycles. The van der Waals surface area contributed by atoms with Crippen LogP contribution in [-0.4, -0.2) is 22.1 Å². The molecule has 0 unspecified atom stereocenters. The highest BCUT2D eigenvalue weighted by molar-refractivity contribution is 6.04. The van der Waals surface area contributed by atoms with Crippen molar-refractivity contribution in [2.24, 2.45) is 0 Å². The standard InChI is InChI=1S/C22H23N3O4/c1-5-29-17-8-6-16(7-9-17)25-21(27)18(12-23-22(25)28)20(26)24-19-14(3)10-13(2)11-15(19)4/h6-12H,5H2,1-4H3,(H,23,28)(H,24,26). The Kier molecular flexibility index (Phi) is 5.68. The number of benzene rings is 2. The second-order valence-electron chi connectivity index (χ2n) is 6.80. The topological polar surface area (TPSA) is 93.2 Å². The maximum atomic E-state index is 12.9. The molecule has 0 radical (unpaired) electrons. The quantitative estimate of drug-likeness (QED) is 0.697. The van der Waals surface area contributed by atoms with E-state index in [1.807, 2.05) is 39.8 Å². The van der Waals surface area contributed by atoms with Crippen LogP contribution in [0.5, 0.6) is 5.75 Å². The molecule has 29 heavy (non-hydrogen) atoms. The first-order chi connectivity index (χ1) is 13.8. The summed E-state index contributed by atoms with van der Waals surface area (Å²) < 4.78 is 6.31. The Hall–Kier alpha value is -3.61. The van der Waals surface area contributed by atoms with Crippen LogP contribution in [0.3, 0.4) is 0 Å². The zero-order chi connectivity index (χ0) is 21.1. The Balaban J connectivity index is 2.00. The summed E-state index contributed by atoms with van der Waals surface area (Å²) in [5, 5.41) is 2.79. The van der Waals surface area contributed by atoms with Gasteiger partial charge in [0.1, 0.15) is 11.3 Å². The predicted octanol–water partition coefficient (Wildman–Crippen LogP) is 3.10. The van der Waals surface area contributed by atoms with Crippen LogP contribution >= 0.6 is 0 Å². The van der Waals surface area contributed by atoms with E-state index in [1.54, 1.807) is 24.3 Å². The van der Waals surface area contributed by atoms with E-state index in [-0.39, 0.29) is 5.56 Å². The number of nitrogens with one attached hydrogen (secondary N) is 2. The molecule has 2 aromatic carbocycles. The molecule has 7 nitrogen and oxygen atoms in total. The number of hydrogen-bond donors (Lipinski definition) is 2. The summed E-state index contributed by atoms with van der Waals surface area (Å²) in [5.41, 5.74) is 2.39. The number of amides is 1. The van der Waals surface area contributed by atoms with Gasteiger partial charge in [0.05, 0.1) is 12.3 Å². The minimum Gasteiger partial charge on any atom is -0.494 e. The van der Waals surface area contributed by atoms with Crippen LogP contribution < -0.4 is 21.3 Å². The molecule has 0 aliphatic heterocycles. The van der Waals surface area contributed by atoms with Crippen molar-refractivity contribution in [2.45, 2.75) is 27.7 Å². The molecule has 0 aliphatic rings. The van der Waals surface area contributed by atoms with Crippen molar-refractivity contribution < 1.29 is 9.53 Å². The van der Waals surface area contributed by atoms with Crippen LogP contribution in [0.15, 0.2) is 52.2 Å². The van der Waals surface area contributed by atoms with Crippen LogP contribution in [0, 0.1) is 20.8 Å². The van der Waals surface area contributed by atoms with Gasteiger partial charge < -0.3 is 15.0 Å². The van der Waals surface area contributed by atoms with Crippen molar-refractivity contribution in [3.63, 3.8) is 0 Å². The van der Waals surface area contributed by atoms with Crippen LogP contribution in [0.1, 0.15) is 34.0 Å². The number of H-pyrrole nitrogens is 1. The third-order valence-corrected chi connectivity index (χ3v) is 4.54. The number of rotatable bonds is 5. The largest absolute Gasteiger partial charge is 0.494 e. The lowest BCUT2D eigenvalue weighted by Crippen LogP contribution is -2.38. The number of anilines is 1. The van der Waals surface area contributed by atoms with Crippen molar-refractivity contribution in [3.05, 3.63) is 85.7 Å². The van der Waals surface area contributed by atoms with E-state index in [0.29, 0.717) is 23.7 Å². The molecule has 3 aromatic rings.